The molecule has 0 amide bonds. The summed E-state index contributed by atoms with van der Waals surface area (Å²) in [6, 6.07) is 2.86. The fourth-order valence-electron chi connectivity index (χ4n) is 6.90. The number of rotatable bonds is 6. The number of likely N-dealkylation sites (N-methyl/N-ethyl adjacent to an activating group) is 1. The van der Waals surface area contributed by atoms with Crippen molar-refractivity contribution in [1.29, 1.82) is 0 Å². The first-order valence-corrected chi connectivity index (χ1v) is 14.2. The van der Waals surface area contributed by atoms with E-state index in [4.69, 9.17) is 0 Å². The predicted molar refractivity (Wildman–Crippen MR) is 162 cm³/mol. The number of anilines is 2. The van der Waals surface area contributed by atoms with E-state index in [1.165, 1.54) is 10.9 Å². The Kier molecular flexibility index (Phi) is 6.24. The standard InChI is InChI=1S/C30H30F2N8O3/c1-4-36-40-12-18(30(42)43)27(41)16-7-15(9-35-29(16)40)17-10-34-28-23(22-24(32)19(31)8-20(33-2)25(22)37-28)26(17)39-6-5-14-11-38(3)13-21(14)39/h7-10,12,14,21,33,36H,4-6,11,13H2,1-3H3,(H,34,37)(H,42,43)/t14-,21+/m0/s1. The number of halogens is 2. The average Bonchev–Trinajstić information content (AvgIpc) is 3.68. The van der Waals surface area contributed by atoms with Crippen LogP contribution in [0.15, 0.2) is 35.5 Å². The van der Waals surface area contributed by atoms with E-state index in [-0.39, 0.29) is 22.5 Å². The average molecular weight is 589 g/mol. The summed E-state index contributed by atoms with van der Waals surface area (Å²) in [5.41, 5.74) is 5.20. The number of hydrogen-bond acceptors (Lipinski definition) is 8. The van der Waals surface area contributed by atoms with Gasteiger partial charge in [-0.2, -0.15) is 0 Å². The van der Waals surface area contributed by atoms with Crippen LogP contribution in [0, 0.1) is 17.6 Å². The van der Waals surface area contributed by atoms with Gasteiger partial charge in [-0.15, -0.1) is 0 Å². The third-order valence-electron chi connectivity index (χ3n) is 8.76. The molecule has 4 aromatic heterocycles. The number of benzene rings is 1. The van der Waals surface area contributed by atoms with Crippen molar-refractivity contribution in [2.24, 2.45) is 5.92 Å². The maximum absolute atomic E-state index is 15.7. The van der Waals surface area contributed by atoms with Crippen LogP contribution >= 0.6 is 0 Å². The highest BCUT2D eigenvalue weighted by molar-refractivity contribution is 6.18. The summed E-state index contributed by atoms with van der Waals surface area (Å²) in [5.74, 6) is -2.90. The van der Waals surface area contributed by atoms with E-state index in [2.05, 4.69) is 42.5 Å². The predicted octanol–water partition coefficient (Wildman–Crippen LogP) is 3.81. The molecule has 4 N–H and O–H groups in total. The number of aromatic nitrogens is 4. The molecule has 2 aliphatic heterocycles. The molecular weight excluding hydrogens is 558 g/mol. The summed E-state index contributed by atoms with van der Waals surface area (Å²) < 4.78 is 32.1. The monoisotopic (exact) mass is 588 g/mol. The van der Waals surface area contributed by atoms with Crippen molar-refractivity contribution in [3.63, 3.8) is 0 Å². The van der Waals surface area contributed by atoms with Crippen LogP contribution in [0.4, 0.5) is 20.2 Å². The van der Waals surface area contributed by atoms with Crippen LogP contribution in [0.25, 0.3) is 44.1 Å². The van der Waals surface area contributed by atoms with Crippen LogP contribution in [-0.4, -0.2) is 81.9 Å². The summed E-state index contributed by atoms with van der Waals surface area (Å²) in [7, 11) is 3.71. The van der Waals surface area contributed by atoms with Gasteiger partial charge < -0.3 is 30.6 Å². The number of aromatic amines is 1. The second-order valence-corrected chi connectivity index (χ2v) is 11.3. The number of pyridine rings is 3. The molecule has 11 nitrogen and oxygen atoms in total. The number of carboxylic acid groups (broad SMARTS) is 1. The number of likely N-dealkylation sites (tertiary alicyclic amines) is 1. The normalized spacial score (nSPS) is 18.7. The molecule has 1 aromatic carbocycles. The Bertz CT molecular complexity index is 2020. The van der Waals surface area contributed by atoms with Gasteiger partial charge in [0, 0.05) is 75.1 Å². The van der Waals surface area contributed by atoms with Crippen molar-refractivity contribution in [1.82, 2.24) is 24.5 Å². The van der Waals surface area contributed by atoms with Crippen LogP contribution in [-0.2, 0) is 0 Å². The number of aromatic carboxylic acids is 1. The van der Waals surface area contributed by atoms with E-state index >= 15 is 4.39 Å². The first kappa shape index (κ1) is 27.1. The number of carbonyl (C=O) groups is 1. The molecule has 43 heavy (non-hydrogen) atoms. The lowest BCUT2D eigenvalue weighted by molar-refractivity contribution is 0.0695. The molecule has 0 bridgehead atoms. The van der Waals surface area contributed by atoms with E-state index in [1.807, 2.05) is 6.92 Å². The van der Waals surface area contributed by atoms with Gasteiger partial charge in [-0.1, -0.05) is 0 Å². The first-order chi connectivity index (χ1) is 20.7. The number of hydrogen-bond donors (Lipinski definition) is 4. The van der Waals surface area contributed by atoms with Crippen molar-refractivity contribution in [3.05, 3.63) is 58.1 Å². The molecule has 7 rings (SSSR count). The molecule has 0 aliphatic carbocycles. The van der Waals surface area contributed by atoms with Crippen molar-refractivity contribution in [3.8, 4) is 11.1 Å². The first-order valence-electron chi connectivity index (χ1n) is 14.2. The minimum absolute atomic E-state index is 0.0925. The van der Waals surface area contributed by atoms with Crippen molar-refractivity contribution in [2.45, 2.75) is 19.4 Å². The van der Waals surface area contributed by atoms with Gasteiger partial charge in [0.2, 0.25) is 5.43 Å². The lowest BCUT2D eigenvalue weighted by Gasteiger charge is -2.29. The maximum atomic E-state index is 15.7. The van der Waals surface area contributed by atoms with Gasteiger partial charge in [-0.25, -0.2) is 28.2 Å². The van der Waals surface area contributed by atoms with Crippen LogP contribution in [0.3, 0.4) is 0 Å². The van der Waals surface area contributed by atoms with E-state index in [0.717, 1.165) is 25.6 Å². The molecule has 0 radical (unpaired) electrons. The lowest BCUT2D eigenvalue weighted by Crippen LogP contribution is -2.35. The van der Waals surface area contributed by atoms with Gasteiger partial charge >= 0.3 is 5.97 Å². The highest BCUT2D eigenvalue weighted by Gasteiger charge is 2.42. The molecule has 0 unspecified atom stereocenters. The number of carboxylic acids is 1. The van der Waals surface area contributed by atoms with Crippen LogP contribution < -0.4 is 21.1 Å². The second kappa shape index (κ2) is 9.90. The molecule has 6 heterocycles. The number of H-pyrrole nitrogens is 1. The molecule has 2 aliphatic rings. The summed E-state index contributed by atoms with van der Waals surface area (Å²) in [5, 5.41) is 13.3. The Hall–Kier alpha value is -4.78. The SMILES string of the molecule is CCNn1cc(C(=O)O)c(=O)c2cc(-c3cnc4[nH]c5c(NC)cc(F)c(F)c5c4c3N3CC[C@H]4CN(C)C[C@H]43)cnc21. The summed E-state index contributed by atoms with van der Waals surface area (Å²) in [6.45, 7) is 4.76. The van der Waals surface area contributed by atoms with Gasteiger partial charge in [0.05, 0.1) is 33.1 Å². The third-order valence-corrected chi connectivity index (χ3v) is 8.76. The smallest absolute Gasteiger partial charge is 0.341 e. The lowest BCUT2D eigenvalue weighted by atomic mass is 9.99. The molecule has 2 saturated heterocycles. The van der Waals surface area contributed by atoms with Gasteiger partial charge in [0.1, 0.15) is 11.2 Å². The van der Waals surface area contributed by atoms with E-state index in [0.29, 0.717) is 58.1 Å². The van der Waals surface area contributed by atoms with Crippen LogP contribution in [0.2, 0.25) is 0 Å². The number of fused-ring (bicyclic) bond motifs is 5. The number of nitrogens with one attached hydrogen (secondary N) is 3. The molecule has 13 heteroatoms. The summed E-state index contributed by atoms with van der Waals surface area (Å²) in [4.78, 5) is 42.2. The minimum Gasteiger partial charge on any atom is -0.477 e. The fourth-order valence-corrected chi connectivity index (χ4v) is 6.90. The summed E-state index contributed by atoms with van der Waals surface area (Å²) in [6.07, 6.45) is 5.41. The van der Waals surface area contributed by atoms with Gasteiger partial charge in [-0.05, 0) is 32.4 Å². The maximum Gasteiger partial charge on any atom is 0.341 e. The molecule has 2 atom stereocenters. The fraction of sp³-hybridized carbons (Fsp3) is 0.333. The summed E-state index contributed by atoms with van der Waals surface area (Å²) >= 11 is 0. The number of nitrogens with zero attached hydrogens (tertiary/aromatic N) is 5. The molecule has 222 valence electrons. The van der Waals surface area contributed by atoms with Crippen LogP contribution in [0.5, 0.6) is 0 Å². The quantitative estimate of drug-likeness (QED) is 0.234. The topological polar surface area (TPSA) is 131 Å². The zero-order valence-electron chi connectivity index (χ0n) is 23.8. The van der Waals surface area contributed by atoms with Crippen molar-refractivity contribution < 1.29 is 18.7 Å². The second-order valence-electron chi connectivity index (χ2n) is 11.3. The van der Waals surface area contributed by atoms with Crippen molar-refractivity contribution >= 4 is 50.3 Å². The van der Waals surface area contributed by atoms with Gasteiger partial charge in [0.15, 0.2) is 17.3 Å². The Labute approximate surface area is 244 Å². The molecule has 0 saturated carbocycles. The van der Waals surface area contributed by atoms with Gasteiger partial charge in [-0.3, -0.25) is 4.79 Å². The van der Waals surface area contributed by atoms with Crippen LogP contribution in [0.1, 0.15) is 23.7 Å². The largest absolute Gasteiger partial charge is 0.477 e. The third kappa shape index (κ3) is 4.02. The van der Waals surface area contributed by atoms with Gasteiger partial charge in [0.25, 0.3) is 0 Å². The highest BCUT2D eigenvalue weighted by atomic mass is 19.2. The Morgan fingerprint density at radius 3 is 2.74 bits per heavy atom. The van der Waals surface area contributed by atoms with E-state index < -0.39 is 28.6 Å². The van der Waals surface area contributed by atoms with E-state index in [9.17, 15) is 19.1 Å². The molecule has 0 spiro atoms. The highest BCUT2D eigenvalue weighted by Crippen LogP contribution is 2.46. The Balaban J connectivity index is 1.56. The Morgan fingerprint density at radius 1 is 1.19 bits per heavy atom. The Morgan fingerprint density at radius 2 is 2.00 bits per heavy atom. The molecule has 2 fully saturated rings. The van der Waals surface area contributed by atoms with Crippen molar-refractivity contribution in [2.75, 3.05) is 55.9 Å². The zero-order valence-corrected chi connectivity index (χ0v) is 23.8. The zero-order chi connectivity index (χ0) is 30.2. The molecule has 5 aromatic rings. The molecular formula is C30H30F2N8O3. The van der Waals surface area contributed by atoms with E-state index in [1.54, 1.807) is 25.5 Å². The minimum atomic E-state index is -1.35.